The van der Waals surface area contributed by atoms with E-state index in [2.05, 4.69) is 0 Å². The number of halogens is 12. The van der Waals surface area contributed by atoms with Crippen molar-refractivity contribution in [1.29, 1.82) is 0 Å². The van der Waals surface area contributed by atoms with E-state index in [1.54, 1.807) is 0 Å². The van der Waals surface area contributed by atoms with E-state index in [-0.39, 0.29) is 6.08 Å². The van der Waals surface area contributed by atoms with Crippen LogP contribution < -0.4 is 20.9 Å². The highest BCUT2D eigenvalue weighted by Gasteiger charge is 2.66. The molecule has 0 radical (unpaired) electrons. The molecule has 1 atom stereocenters. The maximum atomic E-state index is 13.8. The summed E-state index contributed by atoms with van der Waals surface area (Å²) in [4.78, 5) is 0. The highest BCUT2D eigenvalue weighted by atomic mass is 19.4. The van der Waals surface area contributed by atoms with Gasteiger partial charge in [-0.3, -0.25) is 0 Å². The Morgan fingerprint density at radius 1 is 0.641 bits per heavy atom. The van der Waals surface area contributed by atoms with Crippen LogP contribution in [0, 0.1) is 11.8 Å². The topological polar surface area (TPSA) is 70.5 Å². The molecule has 0 amide bonds. The van der Waals surface area contributed by atoms with Crippen LogP contribution in [0.4, 0.5) is 64.1 Å². The van der Waals surface area contributed by atoms with E-state index in [9.17, 15) is 52.7 Å². The minimum atomic E-state index is -6.11. The second-order valence-corrected chi connectivity index (χ2v) is 8.19. The molecule has 39 heavy (non-hydrogen) atoms. The number of alkyl halides is 12. The fourth-order valence-electron chi connectivity index (χ4n) is 4.00. The van der Waals surface area contributed by atoms with Crippen LogP contribution >= 0.6 is 0 Å². The van der Waals surface area contributed by atoms with E-state index in [4.69, 9.17) is 20.9 Å². The number of allylic oxidation sites excluding steroid dienone is 2. The van der Waals surface area contributed by atoms with Gasteiger partial charge in [-0.1, -0.05) is 30.4 Å². The fourth-order valence-corrected chi connectivity index (χ4v) is 4.00. The third kappa shape index (κ3) is 6.14. The minimum Gasteiger partial charge on any atom is -0.447 e. The van der Waals surface area contributed by atoms with Crippen LogP contribution in [0.25, 0.3) is 0 Å². The van der Waals surface area contributed by atoms with E-state index in [0.29, 0.717) is 36.4 Å². The van der Waals surface area contributed by atoms with Crippen molar-refractivity contribution in [2.24, 2.45) is 11.8 Å². The number of ether oxygens (including phenoxy) is 2. The van der Waals surface area contributed by atoms with Crippen molar-refractivity contribution in [2.75, 3.05) is 11.5 Å². The van der Waals surface area contributed by atoms with Crippen LogP contribution in [0.5, 0.6) is 11.5 Å². The Labute approximate surface area is 211 Å². The molecule has 0 bridgehead atoms. The first-order chi connectivity index (χ1) is 17.7. The monoisotopic (exact) mass is 580 g/mol. The summed E-state index contributed by atoms with van der Waals surface area (Å²) in [5.41, 5.74) is 4.99. The van der Waals surface area contributed by atoms with Gasteiger partial charge < -0.3 is 20.9 Å². The molecule has 3 rings (SSSR count). The molecule has 1 aliphatic rings. The summed E-state index contributed by atoms with van der Waals surface area (Å²) in [6.45, 7) is 0. The predicted octanol–water partition coefficient (Wildman–Crippen LogP) is 7.53. The zero-order chi connectivity index (χ0) is 29.6. The first-order valence-corrected chi connectivity index (χ1v) is 10.5. The van der Waals surface area contributed by atoms with Crippen molar-refractivity contribution in [2.45, 2.75) is 30.5 Å². The molecule has 4 nitrogen and oxygen atoms in total. The van der Waals surface area contributed by atoms with Crippen LogP contribution in [-0.4, -0.2) is 18.1 Å². The Kier molecular flexibility index (Phi) is 7.49. The largest absolute Gasteiger partial charge is 0.447 e. The molecular weight excluding hydrogens is 564 g/mol. The van der Waals surface area contributed by atoms with Crippen molar-refractivity contribution < 1.29 is 62.2 Å². The third-order valence-electron chi connectivity index (χ3n) is 5.51. The molecule has 0 aromatic heterocycles. The van der Waals surface area contributed by atoms with Gasteiger partial charge in [-0.2, -0.15) is 52.7 Å². The number of rotatable bonds is 5. The molecule has 0 saturated carbocycles. The highest BCUT2D eigenvalue weighted by Crippen LogP contribution is 2.52. The van der Waals surface area contributed by atoms with Gasteiger partial charge >= 0.3 is 24.7 Å². The van der Waals surface area contributed by atoms with Crippen LogP contribution in [0.1, 0.15) is 11.1 Å². The first kappa shape index (κ1) is 29.8. The van der Waals surface area contributed by atoms with Crippen LogP contribution in [-0.2, 0) is 12.4 Å². The maximum Gasteiger partial charge on any atom is 0.421 e. The Balaban J connectivity index is 2.36. The average Bonchev–Trinajstić information content (AvgIpc) is 2.71. The average molecular weight is 580 g/mol. The van der Waals surface area contributed by atoms with Crippen molar-refractivity contribution in [3.05, 3.63) is 71.8 Å². The Morgan fingerprint density at radius 3 is 1.41 bits per heavy atom. The van der Waals surface area contributed by atoms with E-state index in [1.165, 1.54) is 0 Å². The SMILES string of the molecule is Nc1cccc(OC2(Oc3cccc(N)c3C(F)(F)F)C=CC=CC2C(C(F)(F)F)C(F)(F)F)c1C(F)(F)F. The Bertz CT molecular complexity index is 1180. The summed E-state index contributed by atoms with van der Waals surface area (Å²) in [6.07, 6.45) is -20.9. The van der Waals surface area contributed by atoms with Crippen molar-refractivity contribution in [3.8, 4) is 11.5 Å². The molecule has 2 aromatic carbocycles. The second kappa shape index (κ2) is 9.79. The normalized spacial score (nSPS) is 17.9. The van der Waals surface area contributed by atoms with E-state index in [0.717, 1.165) is 18.2 Å². The molecule has 0 spiro atoms. The van der Waals surface area contributed by atoms with Gasteiger partial charge in [-0.15, -0.1) is 0 Å². The highest BCUT2D eigenvalue weighted by molar-refractivity contribution is 5.57. The summed E-state index contributed by atoms with van der Waals surface area (Å²) in [5.74, 6) is -13.8. The molecule has 2 aromatic rings. The molecule has 0 aliphatic heterocycles. The van der Waals surface area contributed by atoms with Crippen molar-refractivity contribution in [3.63, 3.8) is 0 Å². The van der Waals surface area contributed by atoms with Gasteiger partial charge in [0.15, 0.2) is 5.92 Å². The molecule has 0 fully saturated rings. The maximum absolute atomic E-state index is 13.8. The van der Waals surface area contributed by atoms with Gasteiger partial charge in [0.25, 0.3) is 5.79 Å². The summed E-state index contributed by atoms with van der Waals surface area (Å²) in [6, 6.07) is 4.10. The minimum absolute atomic E-state index is 0.255. The van der Waals surface area contributed by atoms with Crippen molar-refractivity contribution in [1.82, 2.24) is 0 Å². The van der Waals surface area contributed by atoms with E-state index < -0.39 is 76.3 Å². The number of nitrogens with two attached hydrogens (primary N) is 2. The molecular formula is C23H16F12N2O2. The predicted molar refractivity (Wildman–Crippen MR) is 113 cm³/mol. The zero-order valence-electron chi connectivity index (χ0n) is 18.9. The number of anilines is 2. The molecule has 214 valence electrons. The molecule has 0 heterocycles. The van der Waals surface area contributed by atoms with Gasteiger partial charge in [0.2, 0.25) is 0 Å². The zero-order valence-corrected chi connectivity index (χ0v) is 18.9. The summed E-state index contributed by atoms with van der Waals surface area (Å²) >= 11 is 0. The lowest BCUT2D eigenvalue weighted by atomic mass is 9.80. The number of hydrogen-bond donors (Lipinski definition) is 2. The summed E-state index contributed by atoms with van der Waals surface area (Å²) in [7, 11) is 0. The third-order valence-corrected chi connectivity index (χ3v) is 5.51. The molecule has 16 heteroatoms. The second-order valence-electron chi connectivity index (χ2n) is 8.19. The van der Waals surface area contributed by atoms with Gasteiger partial charge in [0, 0.05) is 17.5 Å². The number of nitrogen functional groups attached to an aromatic ring is 2. The smallest absolute Gasteiger partial charge is 0.421 e. The lowest BCUT2D eigenvalue weighted by molar-refractivity contribution is -0.314. The van der Waals surface area contributed by atoms with Crippen LogP contribution in [0.2, 0.25) is 0 Å². The van der Waals surface area contributed by atoms with Gasteiger partial charge in [0.1, 0.15) is 22.6 Å². The van der Waals surface area contributed by atoms with E-state index in [1.807, 2.05) is 0 Å². The van der Waals surface area contributed by atoms with Gasteiger partial charge in [-0.25, -0.2) is 0 Å². The van der Waals surface area contributed by atoms with Gasteiger partial charge in [-0.05, 0) is 24.3 Å². The fraction of sp³-hybridized carbons (Fsp3) is 0.304. The standard InChI is InChI=1S/C23H16F12N2O2/c24-20(25,26)16-12(36)6-3-8-14(16)38-19(39-15-9-4-7-13(37)17(15)21(27,28)29)10-2-1-5-11(19)18(22(30,31)32)23(33,34)35/h1-11,18H,36-37H2. The first-order valence-electron chi connectivity index (χ1n) is 10.5. The summed E-state index contributed by atoms with van der Waals surface area (Å²) in [5, 5.41) is 0. The molecule has 1 aliphatic carbocycles. The van der Waals surface area contributed by atoms with Gasteiger partial charge in [0.05, 0.1) is 5.92 Å². The Morgan fingerprint density at radius 2 is 1.05 bits per heavy atom. The van der Waals surface area contributed by atoms with Crippen LogP contribution in [0.3, 0.4) is 0 Å². The summed E-state index contributed by atoms with van der Waals surface area (Å²) < 4.78 is 176. The lowest BCUT2D eigenvalue weighted by Gasteiger charge is -2.43. The lowest BCUT2D eigenvalue weighted by Crippen LogP contribution is -2.57. The quantitative estimate of drug-likeness (QED) is 0.218. The molecule has 0 saturated heterocycles. The molecule has 4 N–H and O–H groups in total. The van der Waals surface area contributed by atoms with E-state index >= 15 is 0 Å². The number of benzene rings is 2. The number of hydrogen-bond acceptors (Lipinski definition) is 4. The molecule has 1 unspecified atom stereocenters. The van der Waals surface area contributed by atoms with Crippen LogP contribution in [0.15, 0.2) is 60.7 Å². The van der Waals surface area contributed by atoms with Crippen molar-refractivity contribution >= 4 is 11.4 Å². The Hall–Kier alpha value is -3.72.